The standard InChI is InChI=1S/C32H31NO4/c34-27(18-21-9-6-8-20-10-7-17-37-28(20)21)32(30(35)36)29-25(19-33-32)23-15-16-31(29,22-11-2-1-3-12-22)26-14-5-4-13-24(23)26/h1-6,8-9,11-14,23,25,29,33H,7,10,15-19H2,(H,35,36). The average Bonchev–Trinajstić information content (AvgIpc) is 3.38. The number of Topliss-reactive ketones (excluding diaryl/α,β-unsaturated/α-hetero) is 1. The Morgan fingerprint density at radius 1 is 1.00 bits per heavy atom. The molecule has 0 radical (unpaired) electrons. The molecule has 2 aliphatic heterocycles. The molecule has 5 aliphatic rings. The number of rotatable bonds is 5. The predicted molar refractivity (Wildman–Crippen MR) is 140 cm³/mol. The Kier molecular flexibility index (Phi) is 5.09. The molecule has 8 rings (SSSR count). The molecule has 2 heterocycles. The lowest BCUT2D eigenvalue weighted by atomic mass is 9.44. The molecule has 0 amide bonds. The zero-order chi connectivity index (χ0) is 25.2. The molecule has 3 aliphatic carbocycles. The molecule has 2 bridgehead atoms. The Hall–Kier alpha value is -3.44. The van der Waals surface area contributed by atoms with Crippen molar-refractivity contribution in [2.45, 2.75) is 49.0 Å². The highest BCUT2D eigenvalue weighted by Crippen LogP contribution is 2.66. The third kappa shape index (κ3) is 3.01. The van der Waals surface area contributed by atoms with E-state index in [0.717, 1.165) is 48.1 Å². The summed E-state index contributed by atoms with van der Waals surface area (Å²) in [6.45, 7) is 1.15. The highest BCUT2D eigenvalue weighted by Gasteiger charge is 2.70. The largest absolute Gasteiger partial charge is 0.493 e. The zero-order valence-electron chi connectivity index (χ0n) is 20.8. The van der Waals surface area contributed by atoms with Crippen molar-refractivity contribution in [1.29, 1.82) is 0 Å². The van der Waals surface area contributed by atoms with Crippen LogP contribution in [0.15, 0.2) is 72.8 Å². The van der Waals surface area contributed by atoms with Crippen molar-refractivity contribution in [2.24, 2.45) is 11.8 Å². The average molecular weight is 494 g/mol. The van der Waals surface area contributed by atoms with Gasteiger partial charge in [-0.15, -0.1) is 0 Å². The van der Waals surface area contributed by atoms with E-state index in [9.17, 15) is 14.7 Å². The number of carbonyl (C=O) groups excluding carboxylic acids is 1. The summed E-state index contributed by atoms with van der Waals surface area (Å²) in [4.78, 5) is 27.7. The van der Waals surface area contributed by atoms with Crippen LogP contribution in [-0.4, -0.2) is 35.5 Å². The Morgan fingerprint density at radius 3 is 2.65 bits per heavy atom. The lowest BCUT2D eigenvalue weighted by molar-refractivity contribution is -0.154. The second kappa shape index (κ2) is 8.29. The van der Waals surface area contributed by atoms with E-state index >= 15 is 0 Å². The van der Waals surface area contributed by atoms with Gasteiger partial charge in [0.05, 0.1) is 6.61 Å². The minimum absolute atomic E-state index is 0.0445. The van der Waals surface area contributed by atoms with Gasteiger partial charge >= 0.3 is 5.97 Å². The van der Waals surface area contributed by atoms with Crippen LogP contribution in [0.2, 0.25) is 0 Å². The normalized spacial score (nSPS) is 31.1. The number of aryl methyl sites for hydroxylation is 1. The smallest absolute Gasteiger partial charge is 0.332 e. The van der Waals surface area contributed by atoms with Crippen LogP contribution in [0.1, 0.15) is 53.0 Å². The molecule has 188 valence electrons. The second-order valence-corrected chi connectivity index (χ2v) is 11.2. The number of carbonyl (C=O) groups is 2. The lowest BCUT2D eigenvalue weighted by Gasteiger charge is -2.58. The van der Waals surface area contributed by atoms with Crippen molar-refractivity contribution in [3.63, 3.8) is 0 Å². The Bertz CT molecular complexity index is 1400. The van der Waals surface area contributed by atoms with Crippen molar-refractivity contribution >= 4 is 11.8 Å². The van der Waals surface area contributed by atoms with Crippen LogP contribution in [0.5, 0.6) is 5.75 Å². The van der Waals surface area contributed by atoms with E-state index in [4.69, 9.17) is 4.74 Å². The summed E-state index contributed by atoms with van der Waals surface area (Å²) < 4.78 is 5.98. The van der Waals surface area contributed by atoms with Crippen LogP contribution < -0.4 is 10.1 Å². The van der Waals surface area contributed by atoms with E-state index in [1.807, 2.05) is 36.4 Å². The zero-order valence-corrected chi connectivity index (χ0v) is 20.8. The van der Waals surface area contributed by atoms with Crippen LogP contribution >= 0.6 is 0 Å². The quantitative estimate of drug-likeness (QED) is 0.506. The van der Waals surface area contributed by atoms with E-state index in [1.54, 1.807) is 0 Å². The third-order valence-corrected chi connectivity index (χ3v) is 9.68. The van der Waals surface area contributed by atoms with Gasteiger partial charge in [-0.3, -0.25) is 10.1 Å². The summed E-state index contributed by atoms with van der Waals surface area (Å²) in [5.74, 6) is -0.607. The minimum Gasteiger partial charge on any atom is -0.493 e. The number of carboxylic acids is 1. The predicted octanol–water partition coefficient (Wildman–Crippen LogP) is 4.66. The van der Waals surface area contributed by atoms with Crippen molar-refractivity contribution < 1.29 is 19.4 Å². The molecule has 1 saturated heterocycles. The fraction of sp³-hybridized carbons (Fsp3) is 0.375. The van der Waals surface area contributed by atoms with Gasteiger partial charge in [0, 0.05) is 29.9 Å². The molecule has 5 unspecified atom stereocenters. The van der Waals surface area contributed by atoms with Crippen LogP contribution in [-0.2, 0) is 27.8 Å². The maximum Gasteiger partial charge on any atom is 0.332 e. The highest BCUT2D eigenvalue weighted by atomic mass is 16.5. The number of aliphatic carboxylic acids is 1. The molecule has 3 aromatic carbocycles. The first-order valence-electron chi connectivity index (χ1n) is 13.5. The number of benzene rings is 3. The van der Waals surface area contributed by atoms with Gasteiger partial charge in [-0.1, -0.05) is 72.8 Å². The molecule has 5 atom stereocenters. The molecule has 5 heteroatoms. The van der Waals surface area contributed by atoms with Gasteiger partial charge in [0.15, 0.2) is 11.3 Å². The van der Waals surface area contributed by atoms with E-state index in [1.165, 1.54) is 11.1 Å². The number of hydrogen-bond acceptors (Lipinski definition) is 4. The van der Waals surface area contributed by atoms with Crippen LogP contribution in [0, 0.1) is 11.8 Å². The van der Waals surface area contributed by atoms with Gasteiger partial charge in [0.1, 0.15) is 5.75 Å². The first-order chi connectivity index (χ1) is 18.1. The molecule has 37 heavy (non-hydrogen) atoms. The number of nitrogens with one attached hydrogen (secondary N) is 1. The molecule has 2 N–H and O–H groups in total. The van der Waals surface area contributed by atoms with Gasteiger partial charge in [0.25, 0.3) is 0 Å². The summed E-state index contributed by atoms with van der Waals surface area (Å²) in [5, 5.41) is 14.3. The molecule has 3 aromatic rings. The molecule has 2 fully saturated rings. The number of hydrogen-bond donors (Lipinski definition) is 2. The summed E-state index contributed by atoms with van der Waals surface area (Å²) in [6.07, 6.45) is 3.75. The van der Waals surface area contributed by atoms with Gasteiger partial charge in [0.2, 0.25) is 0 Å². The first-order valence-corrected chi connectivity index (χ1v) is 13.5. The number of para-hydroxylation sites is 1. The minimum atomic E-state index is -1.66. The Morgan fingerprint density at radius 2 is 1.81 bits per heavy atom. The summed E-state index contributed by atoms with van der Waals surface area (Å²) in [7, 11) is 0. The monoisotopic (exact) mass is 493 g/mol. The topological polar surface area (TPSA) is 75.6 Å². The molecule has 0 spiro atoms. The fourth-order valence-electron chi connectivity index (χ4n) is 8.33. The van der Waals surface area contributed by atoms with E-state index in [2.05, 4.69) is 41.7 Å². The summed E-state index contributed by atoms with van der Waals surface area (Å²) in [5.41, 5.74) is 3.32. The molecule has 0 aromatic heterocycles. The van der Waals surface area contributed by atoms with Crippen molar-refractivity contribution in [2.75, 3.05) is 13.2 Å². The van der Waals surface area contributed by atoms with Gasteiger partial charge < -0.3 is 9.84 Å². The Labute approximate surface area is 216 Å². The highest BCUT2D eigenvalue weighted by molar-refractivity contribution is 6.10. The summed E-state index contributed by atoms with van der Waals surface area (Å²) >= 11 is 0. The van der Waals surface area contributed by atoms with E-state index < -0.39 is 16.9 Å². The molecule has 1 saturated carbocycles. The lowest BCUT2D eigenvalue weighted by Crippen LogP contribution is -2.66. The molecule has 5 nitrogen and oxygen atoms in total. The van der Waals surface area contributed by atoms with Gasteiger partial charge in [-0.25, -0.2) is 4.79 Å². The van der Waals surface area contributed by atoms with Gasteiger partial charge in [-0.05, 0) is 59.8 Å². The van der Waals surface area contributed by atoms with E-state index in [0.29, 0.717) is 13.2 Å². The molecular formula is C32H31NO4. The molecular weight excluding hydrogens is 462 g/mol. The number of ether oxygens (including phenoxy) is 1. The fourth-order valence-corrected chi connectivity index (χ4v) is 8.33. The number of ketones is 1. The summed E-state index contributed by atoms with van der Waals surface area (Å²) in [6, 6.07) is 24.7. The van der Waals surface area contributed by atoms with Crippen LogP contribution in [0.4, 0.5) is 0 Å². The number of fused-ring (bicyclic) bond motifs is 2. The van der Waals surface area contributed by atoms with Crippen LogP contribution in [0.3, 0.4) is 0 Å². The van der Waals surface area contributed by atoms with Crippen LogP contribution in [0.25, 0.3) is 0 Å². The first kappa shape index (κ1) is 22.7. The van der Waals surface area contributed by atoms with Crippen molar-refractivity contribution in [3.05, 3.63) is 101 Å². The number of carboxylic acid groups (broad SMARTS) is 1. The maximum absolute atomic E-state index is 14.4. The van der Waals surface area contributed by atoms with Gasteiger partial charge in [-0.2, -0.15) is 0 Å². The van der Waals surface area contributed by atoms with E-state index in [-0.39, 0.29) is 30.0 Å². The maximum atomic E-state index is 14.4. The second-order valence-electron chi connectivity index (χ2n) is 11.2. The third-order valence-electron chi connectivity index (χ3n) is 9.68. The Balaban J connectivity index is 1.40. The SMILES string of the molecule is O=C(O)C1(C(=O)Cc2cccc3c2OCCC3)NCC2C3CCC(c4ccccc4)(c4ccccc43)C21. The van der Waals surface area contributed by atoms with Crippen molar-refractivity contribution in [3.8, 4) is 5.75 Å². The van der Waals surface area contributed by atoms with Crippen molar-refractivity contribution in [1.82, 2.24) is 5.32 Å².